The summed E-state index contributed by atoms with van der Waals surface area (Å²) in [6, 6.07) is 3.41. The SMILES string of the molecule is C[C@@H](Sc1nnc(NC2CC2)s1)C(=O)Nc1cc(F)ccc1F. The van der Waals surface area contributed by atoms with Crippen molar-refractivity contribution in [3.63, 3.8) is 0 Å². The fourth-order valence-electron chi connectivity index (χ4n) is 1.75. The Kier molecular flexibility index (Phi) is 4.76. The predicted molar refractivity (Wildman–Crippen MR) is 86.9 cm³/mol. The van der Waals surface area contributed by atoms with Crippen molar-refractivity contribution in [3.8, 4) is 0 Å². The summed E-state index contributed by atoms with van der Waals surface area (Å²) in [7, 11) is 0. The van der Waals surface area contributed by atoms with Gasteiger partial charge in [-0.2, -0.15) is 0 Å². The van der Waals surface area contributed by atoms with Crippen molar-refractivity contribution in [2.24, 2.45) is 0 Å². The first-order chi connectivity index (χ1) is 11.0. The summed E-state index contributed by atoms with van der Waals surface area (Å²) in [5, 5.41) is 13.9. The standard InChI is InChI=1S/C14H14F2N4OS2/c1-7(12(21)18-11-6-8(15)2-5-10(11)16)22-14-20-19-13(23-14)17-9-3-4-9/h2,5-7,9H,3-4H2,1H3,(H,17,19)(H,18,21)/t7-/m1/s1. The third-order valence-corrected chi connectivity index (χ3v) is 5.18. The molecule has 1 aromatic heterocycles. The van der Waals surface area contributed by atoms with Crippen LogP contribution < -0.4 is 10.6 Å². The second kappa shape index (κ2) is 6.79. The van der Waals surface area contributed by atoms with Crippen LogP contribution in [0.2, 0.25) is 0 Å². The van der Waals surface area contributed by atoms with Crippen molar-refractivity contribution >= 4 is 39.8 Å². The van der Waals surface area contributed by atoms with Gasteiger partial charge in [-0.05, 0) is 31.9 Å². The second-order valence-electron chi connectivity index (χ2n) is 5.17. The van der Waals surface area contributed by atoms with Gasteiger partial charge in [-0.3, -0.25) is 4.79 Å². The van der Waals surface area contributed by atoms with Gasteiger partial charge < -0.3 is 10.6 Å². The molecule has 1 atom stereocenters. The Balaban J connectivity index is 1.58. The van der Waals surface area contributed by atoms with Crippen LogP contribution in [0.25, 0.3) is 0 Å². The van der Waals surface area contributed by atoms with E-state index in [-0.39, 0.29) is 5.69 Å². The fourth-order valence-corrected chi connectivity index (χ4v) is 3.72. The lowest BCUT2D eigenvalue weighted by Gasteiger charge is -2.10. The van der Waals surface area contributed by atoms with Crippen molar-refractivity contribution in [3.05, 3.63) is 29.8 Å². The molecule has 5 nitrogen and oxygen atoms in total. The summed E-state index contributed by atoms with van der Waals surface area (Å²) >= 11 is 2.60. The van der Waals surface area contributed by atoms with Gasteiger partial charge in [0.2, 0.25) is 11.0 Å². The topological polar surface area (TPSA) is 66.9 Å². The van der Waals surface area contributed by atoms with Crippen LogP contribution in [-0.2, 0) is 4.79 Å². The normalized spacial score (nSPS) is 15.3. The lowest BCUT2D eigenvalue weighted by molar-refractivity contribution is -0.115. The van der Waals surface area contributed by atoms with Crippen LogP contribution in [0.15, 0.2) is 22.5 Å². The van der Waals surface area contributed by atoms with E-state index >= 15 is 0 Å². The van der Waals surface area contributed by atoms with Crippen LogP contribution in [-0.4, -0.2) is 27.4 Å². The number of amides is 1. The molecule has 1 aromatic carbocycles. The van der Waals surface area contributed by atoms with Gasteiger partial charge in [0.15, 0.2) is 4.34 Å². The largest absolute Gasteiger partial charge is 0.357 e. The third kappa shape index (κ3) is 4.38. The maximum absolute atomic E-state index is 13.5. The van der Waals surface area contributed by atoms with Gasteiger partial charge in [-0.25, -0.2) is 8.78 Å². The zero-order valence-corrected chi connectivity index (χ0v) is 13.8. The molecule has 0 bridgehead atoms. The zero-order valence-electron chi connectivity index (χ0n) is 12.2. The fraction of sp³-hybridized carbons (Fsp3) is 0.357. The first-order valence-electron chi connectivity index (χ1n) is 7.04. The minimum absolute atomic E-state index is 0.171. The van der Waals surface area contributed by atoms with E-state index in [1.165, 1.54) is 23.1 Å². The highest BCUT2D eigenvalue weighted by Gasteiger charge is 2.23. The number of rotatable bonds is 6. The summed E-state index contributed by atoms with van der Waals surface area (Å²) in [4.78, 5) is 12.1. The molecule has 9 heteroatoms. The highest BCUT2D eigenvalue weighted by atomic mass is 32.2. The number of thioether (sulfide) groups is 1. The van der Waals surface area contributed by atoms with E-state index in [1.54, 1.807) is 6.92 Å². The summed E-state index contributed by atoms with van der Waals surface area (Å²) in [6.45, 7) is 1.67. The number of nitrogens with one attached hydrogen (secondary N) is 2. The maximum atomic E-state index is 13.5. The molecular weight excluding hydrogens is 342 g/mol. The molecule has 122 valence electrons. The van der Waals surface area contributed by atoms with Gasteiger partial charge in [0.1, 0.15) is 11.6 Å². The highest BCUT2D eigenvalue weighted by molar-refractivity contribution is 8.02. The zero-order chi connectivity index (χ0) is 16.4. The van der Waals surface area contributed by atoms with Gasteiger partial charge in [0.05, 0.1) is 10.9 Å². The van der Waals surface area contributed by atoms with E-state index in [0.29, 0.717) is 10.4 Å². The first-order valence-corrected chi connectivity index (χ1v) is 8.73. The molecule has 3 rings (SSSR count). The van der Waals surface area contributed by atoms with Gasteiger partial charge in [0, 0.05) is 12.1 Å². The first kappa shape index (κ1) is 16.1. The van der Waals surface area contributed by atoms with E-state index in [2.05, 4.69) is 20.8 Å². The predicted octanol–water partition coefficient (Wildman–Crippen LogP) is 3.51. The van der Waals surface area contributed by atoms with E-state index in [9.17, 15) is 13.6 Å². The van der Waals surface area contributed by atoms with Crippen molar-refractivity contribution in [1.82, 2.24) is 10.2 Å². The lowest BCUT2D eigenvalue weighted by atomic mass is 10.3. The Labute approximate surface area is 139 Å². The third-order valence-electron chi connectivity index (χ3n) is 3.14. The van der Waals surface area contributed by atoms with Crippen molar-refractivity contribution in [2.75, 3.05) is 10.6 Å². The second-order valence-corrected chi connectivity index (χ2v) is 7.73. The number of aromatic nitrogens is 2. The number of hydrogen-bond donors (Lipinski definition) is 2. The number of carbonyl (C=O) groups excluding carboxylic acids is 1. The Morgan fingerprint density at radius 1 is 1.39 bits per heavy atom. The molecule has 2 aromatic rings. The molecule has 0 unspecified atom stereocenters. The van der Waals surface area contributed by atoms with Crippen molar-refractivity contribution in [2.45, 2.75) is 35.4 Å². The van der Waals surface area contributed by atoms with Gasteiger partial charge in [0.25, 0.3) is 0 Å². The van der Waals surface area contributed by atoms with Crippen molar-refractivity contribution in [1.29, 1.82) is 0 Å². The maximum Gasteiger partial charge on any atom is 0.237 e. The number of halogens is 2. The number of benzene rings is 1. The minimum Gasteiger partial charge on any atom is -0.357 e. The van der Waals surface area contributed by atoms with Crippen LogP contribution in [0.1, 0.15) is 19.8 Å². The Hall–Kier alpha value is -1.74. The molecular formula is C14H14F2N4OS2. The van der Waals surface area contributed by atoms with E-state index < -0.39 is 22.8 Å². The Morgan fingerprint density at radius 3 is 2.91 bits per heavy atom. The molecule has 1 fully saturated rings. The molecule has 23 heavy (non-hydrogen) atoms. The molecule has 1 amide bonds. The van der Waals surface area contributed by atoms with Gasteiger partial charge >= 0.3 is 0 Å². The molecule has 1 saturated carbocycles. The molecule has 0 radical (unpaired) electrons. The summed E-state index contributed by atoms with van der Waals surface area (Å²) in [5.74, 6) is -1.71. The average Bonchev–Trinajstić information content (AvgIpc) is 3.21. The van der Waals surface area contributed by atoms with Crippen LogP contribution in [0.3, 0.4) is 0 Å². The minimum atomic E-state index is -0.677. The Bertz CT molecular complexity index is 721. The molecule has 0 spiro atoms. The smallest absolute Gasteiger partial charge is 0.237 e. The van der Waals surface area contributed by atoms with Gasteiger partial charge in [-0.1, -0.05) is 23.1 Å². The van der Waals surface area contributed by atoms with Gasteiger partial charge in [-0.15, -0.1) is 10.2 Å². The summed E-state index contributed by atoms with van der Waals surface area (Å²) in [6.07, 6.45) is 2.28. The monoisotopic (exact) mass is 356 g/mol. The van der Waals surface area contributed by atoms with Crippen molar-refractivity contribution < 1.29 is 13.6 Å². The molecule has 2 N–H and O–H groups in total. The molecule has 1 aliphatic rings. The summed E-state index contributed by atoms with van der Waals surface area (Å²) in [5.41, 5.74) is -0.171. The summed E-state index contributed by atoms with van der Waals surface area (Å²) < 4.78 is 27.3. The van der Waals surface area contributed by atoms with Crippen LogP contribution >= 0.6 is 23.1 Å². The van der Waals surface area contributed by atoms with E-state index in [1.807, 2.05) is 0 Å². The molecule has 1 aliphatic carbocycles. The molecule has 0 aliphatic heterocycles. The molecule has 0 saturated heterocycles. The van der Waals surface area contributed by atoms with Crippen LogP contribution in [0.5, 0.6) is 0 Å². The van der Waals surface area contributed by atoms with E-state index in [0.717, 1.165) is 36.2 Å². The lowest BCUT2D eigenvalue weighted by Crippen LogP contribution is -2.23. The van der Waals surface area contributed by atoms with Crippen LogP contribution in [0, 0.1) is 11.6 Å². The average molecular weight is 356 g/mol. The van der Waals surface area contributed by atoms with E-state index in [4.69, 9.17) is 0 Å². The number of nitrogens with zero attached hydrogens (tertiary/aromatic N) is 2. The highest BCUT2D eigenvalue weighted by Crippen LogP contribution is 2.32. The number of carbonyl (C=O) groups is 1. The Morgan fingerprint density at radius 2 is 2.17 bits per heavy atom. The number of hydrogen-bond acceptors (Lipinski definition) is 6. The quantitative estimate of drug-likeness (QED) is 0.776. The number of anilines is 2. The van der Waals surface area contributed by atoms with Crippen LogP contribution in [0.4, 0.5) is 19.6 Å². The molecule has 1 heterocycles.